The van der Waals surface area contributed by atoms with E-state index in [9.17, 15) is 4.79 Å². The summed E-state index contributed by atoms with van der Waals surface area (Å²) in [5.41, 5.74) is 2.42. The van der Waals surface area contributed by atoms with Gasteiger partial charge in [0.15, 0.2) is 5.82 Å². The van der Waals surface area contributed by atoms with Crippen LogP contribution < -0.4 is 5.32 Å². The lowest BCUT2D eigenvalue weighted by Crippen LogP contribution is -2.14. The molecule has 5 aromatic rings. The van der Waals surface area contributed by atoms with E-state index in [-0.39, 0.29) is 11.7 Å². The fourth-order valence-corrected chi connectivity index (χ4v) is 3.72. The maximum absolute atomic E-state index is 13.1. The van der Waals surface area contributed by atoms with E-state index < -0.39 is 0 Å². The Morgan fingerprint density at radius 1 is 0.806 bits per heavy atom. The Balaban J connectivity index is 1.56. The number of para-hydroxylation sites is 1. The van der Waals surface area contributed by atoms with Gasteiger partial charge in [-0.3, -0.25) is 4.79 Å². The number of hydrogen-bond acceptors (Lipinski definition) is 3. The molecule has 0 saturated heterocycles. The largest absolute Gasteiger partial charge is 0.319 e. The SMILES string of the molecule is O=C(Nc1cccc2ccccc12)c1nc(-c2ccc(Br)cc2)n(-c2ccccc2)n1. The van der Waals surface area contributed by atoms with Crippen molar-refractivity contribution < 1.29 is 4.79 Å². The van der Waals surface area contributed by atoms with Gasteiger partial charge in [0, 0.05) is 21.1 Å². The molecule has 6 heteroatoms. The second-order valence-corrected chi connectivity index (χ2v) is 7.91. The van der Waals surface area contributed by atoms with Crippen LogP contribution in [0.3, 0.4) is 0 Å². The Kier molecular flexibility index (Phi) is 5.06. The number of amides is 1. The van der Waals surface area contributed by atoms with Crippen molar-refractivity contribution in [3.05, 3.63) is 107 Å². The smallest absolute Gasteiger partial charge is 0.295 e. The van der Waals surface area contributed by atoms with Crippen LogP contribution >= 0.6 is 15.9 Å². The molecule has 0 saturated carbocycles. The maximum Gasteiger partial charge on any atom is 0.295 e. The van der Waals surface area contributed by atoms with Crippen LogP contribution in [-0.4, -0.2) is 20.7 Å². The highest BCUT2D eigenvalue weighted by Crippen LogP contribution is 2.25. The number of carbonyl (C=O) groups is 1. The molecule has 0 fully saturated rings. The van der Waals surface area contributed by atoms with E-state index in [4.69, 9.17) is 0 Å². The van der Waals surface area contributed by atoms with Gasteiger partial charge >= 0.3 is 0 Å². The second-order valence-electron chi connectivity index (χ2n) is 6.99. The van der Waals surface area contributed by atoms with Gasteiger partial charge in [0.2, 0.25) is 5.82 Å². The third kappa shape index (κ3) is 3.85. The van der Waals surface area contributed by atoms with E-state index in [0.29, 0.717) is 5.82 Å². The van der Waals surface area contributed by atoms with Crippen LogP contribution in [0.25, 0.3) is 27.8 Å². The summed E-state index contributed by atoms with van der Waals surface area (Å²) in [6, 6.07) is 31.2. The predicted octanol–water partition coefficient (Wildman–Crippen LogP) is 6.10. The van der Waals surface area contributed by atoms with E-state index in [1.54, 1.807) is 4.68 Å². The second kappa shape index (κ2) is 8.16. The number of anilines is 1. The van der Waals surface area contributed by atoms with Crippen LogP contribution in [0.1, 0.15) is 10.6 Å². The molecule has 0 aliphatic carbocycles. The number of fused-ring (bicyclic) bond motifs is 1. The van der Waals surface area contributed by atoms with Crippen molar-refractivity contribution >= 4 is 38.3 Å². The number of hydrogen-bond donors (Lipinski definition) is 1. The first-order valence-electron chi connectivity index (χ1n) is 9.76. The summed E-state index contributed by atoms with van der Waals surface area (Å²) >= 11 is 3.46. The van der Waals surface area contributed by atoms with Crippen molar-refractivity contribution in [1.29, 1.82) is 0 Å². The lowest BCUT2D eigenvalue weighted by atomic mass is 10.1. The first kappa shape index (κ1) is 19.2. The quantitative estimate of drug-likeness (QED) is 0.346. The third-order valence-electron chi connectivity index (χ3n) is 4.95. The molecule has 0 spiro atoms. The van der Waals surface area contributed by atoms with Gasteiger partial charge in [-0.15, -0.1) is 5.10 Å². The molecule has 0 bridgehead atoms. The molecule has 5 nitrogen and oxygen atoms in total. The average molecular weight is 469 g/mol. The highest BCUT2D eigenvalue weighted by molar-refractivity contribution is 9.10. The van der Waals surface area contributed by atoms with Gasteiger partial charge in [-0.2, -0.15) is 0 Å². The minimum atomic E-state index is -0.357. The van der Waals surface area contributed by atoms with Gasteiger partial charge in [-0.05, 0) is 35.7 Å². The molecule has 150 valence electrons. The minimum Gasteiger partial charge on any atom is -0.319 e. The number of nitrogens with zero attached hydrogens (tertiary/aromatic N) is 3. The Bertz CT molecular complexity index is 1370. The number of carbonyl (C=O) groups excluding carboxylic acids is 1. The average Bonchev–Trinajstić information content (AvgIpc) is 3.26. The molecule has 0 atom stereocenters. The van der Waals surface area contributed by atoms with Crippen molar-refractivity contribution in [2.45, 2.75) is 0 Å². The minimum absolute atomic E-state index is 0.106. The van der Waals surface area contributed by atoms with E-state index >= 15 is 0 Å². The lowest BCUT2D eigenvalue weighted by Gasteiger charge is -2.07. The van der Waals surface area contributed by atoms with Crippen LogP contribution in [0.15, 0.2) is 102 Å². The summed E-state index contributed by atoms with van der Waals surface area (Å²) in [5, 5.41) is 9.53. The molecule has 4 aromatic carbocycles. The van der Waals surface area contributed by atoms with Gasteiger partial charge < -0.3 is 5.32 Å². The number of aromatic nitrogens is 3. The first-order chi connectivity index (χ1) is 15.2. The number of nitrogens with one attached hydrogen (secondary N) is 1. The van der Waals surface area contributed by atoms with Crippen LogP contribution in [-0.2, 0) is 0 Å². The van der Waals surface area contributed by atoms with Crippen molar-refractivity contribution in [3.63, 3.8) is 0 Å². The van der Waals surface area contributed by atoms with Gasteiger partial charge in [0.25, 0.3) is 5.91 Å². The van der Waals surface area contributed by atoms with Crippen molar-refractivity contribution in [2.24, 2.45) is 0 Å². The summed E-state index contributed by atoms with van der Waals surface area (Å²) < 4.78 is 2.66. The molecular weight excluding hydrogens is 452 g/mol. The number of rotatable bonds is 4. The van der Waals surface area contributed by atoms with Crippen molar-refractivity contribution in [3.8, 4) is 17.1 Å². The molecule has 0 unspecified atom stereocenters. The van der Waals surface area contributed by atoms with Gasteiger partial charge in [-0.1, -0.05) is 82.7 Å². The molecule has 0 aliphatic heterocycles. The Morgan fingerprint density at radius 2 is 1.52 bits per heavy atom. The Labute approximate surface area is 187 Å². The van der Waals surface area contributed by atoms with Crippen LogP contribution in [0.2, 0.25) is 0 Å². The lowest BCUT2D eigenvalue weighted by molar-refractivity contribution is 0.101. The molecular formula is C25H17BrN4O. The fraction of sp³-hybridized carbons (Fsp3) is 0. The Hall–Kier alpha value is -3.77. The normalized spacial score (nSPS) is 10.9. The summed E-state index contributed by atoms with van der Waals surface area (Å²) in [7, 11) is 0. The fourth-order valence-electron chi connectivity index (χ4n) is 3.46. The predicted molar refractivity (Wildman–Crippen MR) is 126 cm³/mol. The summed E-state index contributed by atoms with van der Waals surface area (Å²) in [6.07, 6.45) is 0. The standard InChI is InChI=1S/C25H17BrN4O/c26-19-15-13-18(14-16-19)24-28-23(29-30(24)20-9-2-1-3-10-20)25(31)27-22-12-6-8-17-7-4-5-11-21(17)22/h1-16H,(H,27,31). The van der Waals surface area contributed by atoms with Crippen molar-refractivity contribution in [2.75, 3.05) is 5.32 Å². The topological polar surface area (TPSA) is 59.8 Å². The molecule has 0 radical (unpaired) electrons. The van der Waals surface area contributed by atoms with E-state index in [0.717, 1.165) is 32.2 Å². The summed E-state index contributed by atoms with van der Waals surface area (Å²) in [6.45, 7) is 0. The van der Waals surface area contributed by atoms with Gasteiger partial charge in [-0.25, -0.2) is 9.67 Å². The summed E-state index contributed by atoms with van der Waals surface area (Å²) in [4.78, 5) is 17.7. The first-order valence-corrected chi connectivity index (χ1v) is 10.6. The Morgan fingerprint density at radius 3 is 2.32 bits per heavy atom. The number of benzene rings is 4. The van der Waals surface area contributed by atoms with E-state index in [1.807, 2.05) is 97.1 Å². The van der Waals surface area contributed by atoms with Crippen LogP contribution in [0.4, 0.5) is 5.69 Å². The third-order valence-corrected chi connectivity index (χ3v) is 5.48. The highest BCUT2D eigenvalue weighted by Gasteiger charge is 2.19. The van der Waals surface area contributed by atoms with E-state index in [2.05, 4.69) is 31.3 Å². The summed E-state index contributed by atoms with van der Waals surface area (Å²) in [5.74, 6) is 0.348. The van der Waals surface area contributed by atoms with Gasteiger partial charge in [0.05, 0.1) is 5.69 Å². The molecule has 31 heavy (non-hydrogen) atoms. The zero-order chi connectivity index (χ0) is 21.2. The zero-order valence-corrected chi connectivity index (χ0v) is 18.0. The molecule has 1 N–H and O–H groups in total. The molecule has 1 aromatic heterocycles. The molecule has 1 amide bonds. The molecule has 0 aliphatic rings. The van der Waals surface area contributed by atoms with Gasteiger partial charge in [0.1, 0.15) is 0 Å². The van der Waals surface area contributed by atoms with Crippen molar-refractivity contribution in [1.82, 2.24) is 14.8 Å². The highest BCUT2D eigenvalue weighted by atomic mass is 79.9. The number of halogens is 1. The molecule has 1 heterocycles. The molecule has 5 rings (SSSR count). The monoisotopic (exact) mass is 468 g/mol. The maximum atomic E-state index is 13.1. The zero-order valence-electron chi connectivity index (χ0n) is 16.4. The van der Waals surface area contributed by atoms with E-state index in [1.165, 1.54) is 0 Å². The van der Waals surface area contributed by atoms with Crippen LogP contribution in [0.5, 0.6) is 0 Å². The van der Waals surface area contributed by atoms with Crippen LogP contribution in [0, 0.1) is 0 Å².